The zero-order valence-corrected chi connectivity index (χ0v) is 9.32. The van der Waals surface area contributed by atoms with Crippen LogP contribution < -0.4 is 0 Å². The van der Waals surface area contributed by atoms with E-state index in [1.54, 1.807) is 6.08 Å². The molecule has 1 aliphatic rings. The van der Waals surface area contributed by atoms with E-state index in [0.29, 0.717) is 12.8 Å². The van der Waals surface area contributed by atoms with Crippen LogP contribution in [0.3, 0.4) is 0 Å². The lowest BCUT2D eigenvalue weighted by molar-refractivity contribution is -0.175. The number of carbonyl (C=O) groups is 3. The summed E-state index contributed by atoms with van der Waals surface area (Å²) >= 11 is 0. The Kier molecular flexibility index (Phi) is 3.82. The highest BCUT2D eigenvalue weighted by Gasteiger charge is 2.42. The van der Waals surface area contributed by atoms with Gasteiger partial charge in [0, 0.05) is 20.3 Å². The van der Waals surface area contributed by atoms with Crippen LogP contribution in [0.2, 0.25) is 0 Å². The minimum Gasteiger partial charge on any atom is -0.461 e. The number of allylic oxidation sites excluding steroid dienone is 1. The minimum absolute atomic E-state index is 0.217. The molecule has 1 aliphatic carbocycles. The Morgan fingerprint density at radius 1 is 1.38 bits per heavy atom. The molecule has 1 atom stereocenters. The molecule has 0 aliphatic heterocycles. The highest BCUT2D eigenvalue weighted by Crippen LogP contribution is 2.25. The second-order valence-electron chi connectivity index (χ2n) is 3.67. The first-order chi connectivity index (χ1) is 7.46. The fourth-order valence-electron chi connectivity index (χ4n) is 1.55. The van der Waals surface area contributed by atoms with Crippen molar-refractivity contribution in [2.24, 2.45) is 0 Å². The molecule has 5 nitrogen and oxygen atoms in total. The Morgan fingerprint density at radius 3 is 2.56 bits per heavy atom. The smallest absolute Gasteiger partial charge is 0.303 e. The lowest BCUT2D eigenvalue weighted by Gasteiger charge is -2.31. The van der Waals surface area contributed by atoms with E-state index >= 15 is 0 Å². The summed E-state index contributed by atoms with van der Waals surface area (Å²) in [4.78, 5) is 33.4. The summed E-state index contributed by atoms with van der Waals surface area (Å²) in [6.45, 7) is 2.25. The molecule has 0 amide bonds. The molecule has 5 heteroatoms. The van der Waals surface area contributed by atoms with Crippen molar-refractivity contribution in [1.29, 1.82) is 0 Å². The van der Waals surface area contributed by atoms with Gasteiger partial charge in [0.2, 0.25) is 11.4 Å². The van der Waals surface area contributed by atoms with E-state index in [4.69, 9.17) is 9.47 Å². The Labute approximate surface area is 93.4 Å². The SMILES string of the molecule is CC(=O)OCC1(OC(C)=O)CCC=CC1=O. The molecular weight excluding hydrogens is 212 g/mol. The predicted octanol–water partition coefficient (Wildman–Crippen LogP) is 0.770. The molecule has 0 fully saturated rings. The fraction of sp³-hybridized carbons (Fsp3) is 0.545. The Morgan fingerprint density at radius 2 is 2.06 bits per heavy atom. The summed E-state index contributed by atoms with van der Waals surface area (Å²) in [6, 6.07) is 0. The van der Waals surface area contributed by atoms with Gasteiger partial charge in [-0.15, -0.1) is 0 Å². The van der Waals surface area contributed by atoms with Crippen LogP contribution in [0.5, 0.6) is 0 Å². The molecule has 0 saturated carbocycles. The number of ether oxygens (including phenoxy) is 2. The highest BCUT2D eigenvalue weighted by molar-refractivity contribution is 5.99. The van der Waals surface area contributed by atoms with Crippen LogP contribution in [-0.2, 0) is 23.9 Å². The van der Waals surface area contributed by atoms with Gasteiger partial charge in [-0.05, 0) is 12.5 Å². The Balaban J connectivity index is 2.83. The van der Waals surface area contributed by atoms with E-state index in [1.807, 2.05) is 0 Å². The third-order valence-corrected chi connectivity index (χ3v) is 2.28. The van der Waals surface area contributed by atoms with Crippen LogP contribution in [-0.4, -0.2) is 29.9 Å². The standard InChI is InChI=1S/C11H14O5/c1-8(12)15-7-11(16-9(2)13)6-4-3-5-10(11)14/h3,5H,4,6-7H2,1-2H3. The summed E-state index contributed by atoms with van der Waals surface area (Å²) in [7, 11) is 0. The summed E-state index contributed by atoms with van der Waals surface area (Å²) in [5, 5.41) is 0. The van der Waals surface area contributed by atoms with Gasteiger partial charge < -0.3 is 9.47 Å². The van der Waals surface area contributed by atoms with Gasteiger partial charge in [0.25, 0.3) is 0 Å². The van der Waals surface area contributed by atoms with Gasteiger partial charge >= 0.3 is 11.9 Å². The van der Waals surface area contributed by atoms with E-state index in [9.17, 15) is 14.4 Å². The quantitative estimate of drug-likeness (QED) is 0.665. The average molecular weight is 226 g/mol. The van der Waals surface area contributed by atoms with Crippen LogP contribution in [0, 0.1) is 0 Å². The molecule has 1 unspecified atom stereocenters. The summed E-state index contributed by atoms with van der Waals surface area (Å²) in [5.41, 5.74) is -1.33. The van der Waals surface area contributed by atoms with Crippen LogP contribution in [0.25, 0.3) is 0 Å². The van der Waals surface area contributed by atoms with Crippen LogP contribution in [0.4, 0.5) is 0 Å². The van der Waals surface area contributed by atoms with Crippen molar-refractivity contribution in [3.05, 3.63) is 12.2 Å². The second kappa shape index (κ2) is 4.92. The van der Waals surface area contributed by atoms with E-state index in [2.05, 4.69) is 0 Å². The Hall–Kier alpha value is -1.65. The maximum atomic E-state index is 11.7. The first-order valence-corrected chi connectivity index (χ1v) is 5.00. The zero-order valence-electron chi connectivity index (χ0n) is 9.32. The fourth-order valence-corrected chi connectivity index (χ4v) is 1.55. The summed E-state index contributed by atoms with van der Waals surface area (Å²) < 4.78 is 9.81. The molecule has 0 heterocycles. The first-order valence-electron chi connectivity index (χ1n) is 5.00. The van der Waals surface area contributed by atoms with E-state index < -0.39 is 17.5 Å². The van der Waals surface area contributed by atoms with Crippen LogP contribution >= 0.6 is 0 Å². The van der Waals surface area contributed by atoms with Crippen molar-refractivity contribution in [3.63, 3.8) is 0 Å². The number of hydrogen-bond acceptors (Lipinski definition) is 5. The topological polar surface area (TPSA) is 69.7 Å². The van der Waals surface area contributed by atoms with Crippen molar-refractivity contribution < 1.29 is 23.9 Å². The molecular formula is C11H14O5. The molecule has 0 N–H and O–H groups in total. The van der Waals surface area contributed by atoms with E-state index in [1.165, 1.54) is 19.9 Å². The third-order valence-electron chi connectivity index (χ3n) is 2.28. The van der Waals surface area contributed by atoms with E-state index in [0.717, 1.165) is 0 Å². The molecule has 0 bridgehead atoms. The molecule has 0 saturated heterocycles. The largest absolute Gasteiger partial charge is 0.461 e. The normalized spacial score (nSPS) is 24.0. The number of rotatable bonds is 3. The number of ketones is 1. The molecule has 0 aromatic carbocycles. The molecule has 0 aromatic heterocycles. The molecule has 0 spiro atoms. The van der Waals surface area contributed by atoms with E-state index in [-0.39, 0.29) is 12.4 Å². The molecule has 1 rings (SSSR count). The maximum absolute atomic E-state index is 11.7. The van der Waals surface area contributed by atoms with Crippen molar-refractivity contribution in [1.82, 2.24) is 0 Å². The first kappa shape index (κ1) is 12.4. The van der Waals surface area contributed by atoms with Crippen LogP contribution in [0.15, 0.2) is 12.2 Å². The number of carbonyl (C=O) groups excluding carboxylic acids is 3. The number of esters is 2. The van der Waals surface area contributed by atoms with Gasteiger partial charge in [0.1, 0.15) is 6.61 Å². The minimum atomic E-state index is -1.33. The van der Waals surface area contributed by atoms with Gasteiger partial charge in [0.05, 0.1) is 0 Å². The van der Waals surface area contributed by atoms with Crippen molar-refractivity contribution >= 4 is 17.7 Å². The molecule has 16 heavy (non-hydrogen) atoms. The average Bonchev–Trinajstić information content (AvgIpc) is 2.18. The monoisotopic (exact) mass is 226 g/mol. The summed E-state index contributed by atoms with van der Waals surface area (Å²) in [6.07, 6.45) is 4.02. The van der Waals surface area contributed by atoms with Gasteiger partial charge in [0.15, 0.2) is 0 Å². The molecule has 88 valence electrons. The van der Waals surface area contributed by atoms with Crippen molar-refractivity contribution in [2.45, 2.75) is 32.3 Å². The lowest BCUT2D eigenvalue weighted by atomic mass is 9.88. The van der Waals surface area contributed by atoms with Crippen molar-refractivity contribution in [3.8, 4) is 0 Å². The second-order valence-corrected chi connectivity index (χ2v) is 3.67. The lowest BCUT2D eigenvalue weighted by Crippen LogP contribution is -2.48. The Bertz CT molecular complexity index is 344. The maximum Gasteiger partial charge on any atom is 0.303 e. The van der Waals surface area contributed by atoms with Crippen LogP contribution in [0.1, 0.15) is 26.7 Å². The van der Waals surface area contributed by atoms with Gasteiger partial charge in [-0.2, -0.15) is 0 Å². The third kappa shape index (κ3) is 2.92. The van der Waals surface area contributed by atoms with Gasteiger partial charge in [-0.1, -0.05) is 6.08 Å². The highest BCUT2D eigenvalue weighted by atomic mass is 16.6. The van der Waals surface area contributed by atoms with Gasteiger partial charge in [-0.3, -0.25) is 14.4 Å². The molecule has 0 radical (unpaired) electrons. The number of hydrogen-bond donors (Lipinski definition) is 0. The van der Waals surface area contributed by atoms with Crippen molar-refractivity contribution in [2.75, 3.05) is 6.61 Å². The predicted molar refractivity (Wildman–Crippen MR) is 54.5 cm³/mol. The summed E-state index contributed by atoms with van der Waals surface area (Å²) in [5.74, 6) is -1.40. The zero-order chi connectivity index (χ0) is 12.2. The molecule has 0 aromatic rings. The van der Waals surface area contributed by atoms with Gasteiger partial charge in [-0.25, -0.2) is 0 Å².